The van der Waals surface area contributed by atoms with Crippen molar-refractivity contribution in [1.29, 1.82) is 0 Å². The van der Waals surface area contributed by atoms with Crippen LogP contribution in [0.1, 0.15) is 39.1 Å². The lowest BCUT2D eigenvalue weighted by Gasteiger charge is -2.19. The number of ether oxygens (including phenoxy) is 1. The quantitative estimate of drug-likeness (QED) is 0.778. The molecule has 1 aromatic carbocycles. The summed E-state index contributed by atoms with van der Waals surface area (Å²) in [7, 11) is 1.58. The molecular formula is C17H25ClN4O3. The maximum atomic E-state index is 12.2. The van der Waals surface area contributed by atoms with Crippen LogP contribution in [0.5, 0.6) is 5.75 Å². The predicted octanol–water partition coefficient (Wildman–Crippen LogP) is 2.72. The Morgan fingerprint density at radius 2 is 2.04 bits per heavy atom. The number of halogens is 1. The van der Waals surface area contributed by atoms with E-state index in [1.54, 1.807) is 14.0 Å². The Labute approximate surface area is 153 Å². The van der Waals surface area contributed by atoms with E-state index in [2.05, 4.69) is 15.5 Å². The standard InChI is InChI=1S/C17H24N4O3.ClH/c1-5-10(2)14(18)16(22)19-11(3)17-20-15(21-24-17)12-8-6-7-9-13(12)23-4;/h6-11,14H,5,18H2,1-4H3,(H,19,22);1H. The summed E-state index contributed by atoms with van der Waals surface area (Å²) in [4.78, 5) is 16.5. The van der Waals surface area contributed by atoms with Crippen LogP contribution in [0.4, 0.5) is 0 Å². The van der Waals surface area contributed by atoms with Crippen LogP contribution in [0.3, 0.4) is 0 Å². The first kappa shape index (κ1) is 20.9. The molecular weight excluding hydrogens is 344 g/mol. The van der Waals surface area contributed by atoms with Crippen molar-refractivity contribution < 1.29 is 14.1 Å². The van der Waals surface area contributed by atoms with E-state index < -0.39 is 12.1 Å². The van der Waals surface area contributed by atoms with E-state index in [-0.39, 0.29) is 24.2 Å². The van der Waals surface area contributed by atoms with Gasteiger partial charge in [0.25, 0.3) is 0 Å². The SMILES string of the molecule is CCC(C)C(N)C(=O)NC(C)c1nc(-c2ccccc2OC)no1.Cl. The Morgan fingerprint density at radius 1 is 1.36 bits per heavy atom. The minimum Gasteiger partial charge on any atom is -0.496 e. The van der Waals surface area contributed by atoms with E-state index in [0.717, 1.165) is 12.0 Å². The maximum absolute atomic E-state index is 12.2. The third kappa shape index (κ3) is 4.93. The lowest BCUT2D eigenvalue weighted by atomic mass is 9.99. The van der Waals surface area contributed by atoms with E-state index in [9.17, 15) is 4.79 Å². The molecule has 7 nitrogen and oxygen atoms in total. The minimum absolute atomic E-state index is 0. The number of hydrogen-bond acceptors (Lipinski definition) is 6. The normalized spacial score (nSPS) is 14.1. The highest BCUT2D eigenvalue weighted by molar-refractivity contribution is 5.85. The molecule has 0 fully saturated rings. The maximum Gasteiger partial charge on any atom is 0.249 e. The topological polar surface area (TPSA) is 103 Å². The molecule has 0 aliphatic carbocycles. The van der Waals surface area contributed by atoms with Crippen LogP contribution in [0, 0.1) is 5.92 Å². The number of carbonyl (C=O) groups is 1. The van der Waals surface area contributed by atoms with Crippen molar-refractivity contribution in [2.45, 2.75) is 39.3 Å². The molecule has 25 heavy (non-hydrogen) atoms. The second-order valence-corrected chi connectivity index (χ2v) is 5.80. The second-order valence-electron chi connectivity index (χ2n) is 5.80. The number of nitrogens with one attached hydrogen (secondary N) is 1. The lowest BCUT2D eigenvalue weighted by Crippen LogP contribution is -2.45. The summed E-state index contributed by atoms with van der Waals surface area (Å²) in [5.41, 5.74) is 6.66. The van der Waals surface area contributed by atoms with Crippen molar-refractivity contribution in [1.82, 2.24) is 15.5 Å². The van der Waals surface area contributed by atoms with E-state index in [1.165, 1.54) is 0 Å². The van der Waals surface area contributed by atoms with Crippen LogP contribution in [0.2, 0.25) is 0 Å². The molecule has 1 aromatic heterocycles. The van der Waals surface area contributed by atoms with Gasteiger partial charge in [-0.1, -0.05) is 37.6 Å². The number of nitrogens with two attached hydrogens (primary N) is 1. The molecule has 0 aliphatic rings. The number of hydrogen-bond donors (Lipinski definition) is 2. The van der Waals surface area contributed by atoms with Crippen LogP contribution < -0.4 is 15.8 Å². The first-order chi connectivity index (χ1) is 11.5. The molecule has 3 atom stereocenters. The van der Waals surface area contributed by atoms with Gasteiger partial charge in [0.1, 0.15) is 11.8 Å². The molecule has 0 aliphatic heterocycles. The number of aromatic nitrogens is 2. The number of benzene rings is 1. The molecule has 1 heterocycles. The van der Waals surface area contributed by atoms with Gasteiger partial charge < -0.3 is 20.3 Å². The summed E-state index contributed by atoms with van der Waals surface area (Å²) < 4.78 is 10.6. The van der Waals surface area contributed by atoms with E-state index >= 15 is 0 Å². The molecule has 2 rings (SSSR count). The average molecular weight is 369 g/mol. The van der Waals surface area contributed by atoms with E-state index in [4.69, 9.17) is 15.0 Å². The third-order valence-electron chi connectivity index (χ3n) is 4.08. The molecule has 0 saturated heterocycles. The Balaban J connectivity index is 0.00000312. The van der Waals surface area contributed by atoms with Crippen LogP contribution in [0.15, 0.2) is 28.8 Å². The second kappa shape index (κ2) is 9.39. The predicted molar refractivity (Wildman–Crippen MR) is 97.5 cm³/mol. The zero-order valence-electron chi connectivity index (χ0n) is 14.9. The van der Waals surface area contributed by atoms with Gasteiger partial charge in [-0.05, 0) is 25.0 Å². The van der Waals surface area contributed by atoms with Gasteiger partial charge in [0, 0.05) is 0 Å². The Bertz CT molecular complexity index is 692. The fraction of sp³-hybridized carbons (Fsp3) is 0.471. The third-order valence-corrected chi connectivity index (χ3v) is 4.08. The molecule has 0 saturated carbocycles. The molecule has 3 unspecified atom stereocenters. The van der Waals surface area contributed by atoms with Crippen molar-refractivity contribution in [3.8, 4) is 17.1 Å². The van der Waals surface area contributed by atoms with E-state index in [1.807, 2.05) is 38.1 Å². The molecule has 3 N–H and O–H groups in total. The van der Waals surface area contributed by atoms with Crippen molar-refractivity contribution >= 4 is 18.3 Å². The van der Waals surface area contributed by atoms with Crippen LogP contribution in [0.25, 0.3) is 11.4 Å². The summed E-state index contributed by atoms with van der Waals surface area (Å²) in [6.07, 6.45) is 0.835. The summed E-state index contributed by atoms with van der Waals surface area (Å²) in [5, 5.41) is 6.78. The minimum atomic E-state index is -0.561. The molecule has 0 bridgehead atoms. The smallest absolute Gasteiger partial charge is 0.249 e. The number of methoxy groups -OCH3 is 1. The number of nitrogens with zero attached hydrogens (tertiary/aromatic N) is 2. The molecule has 1 amide bonds. The summed E-state index contributed by atoms with van der Waals surface area (Å²) in [6.45, 7) is 5.72. The number of amides is 1. The highest BCUT2D eigenvalue weighted by Crippen LogP contribution is 2.27. The van der Waals surface area contributed by atoms with Crippen molar-refractivity contribution in [2.75, 3.05) is 7.11 Å². The van der Waals surface area contributed by atoms with Crippen LogP contribution in [-0.2, 0) is 4.79 Å². The number of rotatable bonds is 7. The van der Waals surface area contributed by atoms with Gasteiger partial charge in [0.15, 0.2) is 0 Å². The van der Waals surface area contributed by atoms with Gasteiger partial charge in [-0.3, -0.25) is 4.79 Å². The highest BCUT2D eigenvalue weighted by atomic mass is 35.5. The zero-order chi connectivity index (χ0) is 17.7. The van der Waals surface area contributed by atoms with E-state index in [0.29, 0.717) is 17.5 Å². The van der Waals surface area contributed by atoms with Gasteiger partial charge in [-0.2, -0.15) is 4.98 Å². The Morgan fingerprint density at radius 3 is 2.68 bits per heavy atom. The molecule has 138 valence electrons. The van der Waals surface area contributed by atoms with Gasteiger partial charge in [-0.15, -0.1) is 12.4 Å². The fourth-order valence-electron chi connectivity index (χ4n) is 2.23. The Kier molecular flexibility index (Phi) is 7.86. The van der Waals surface area contributed by atoms with Gasteiger partial charge >= 0.3 is 0 Å². The molecule has 0 spiro atoms. The van der Waals surface area contributed by atoms with Gasteiger partial charge in [0.2, 0.25) is 17.6 Å². The Hall–Kier alpha value is -2.12. The monoisotopic (exact) mass is 368 g/mol. The van der Waals surface area contributed by atoms with Crippen LogP contribution in [-0.4, -0.2) is 29.2 Å². The lowest BCUT2D eigenvalue weighted by molar-refractivity contribution is -0.124. The summed E-state index contributed by atoms with van der Waals surface area (Å²) in [6, 6.07) is 6.40. The van der Waals surface area contributed by atoms with Gasteiger partial charge in [-0.25, -0.2) is 0 Å². The van der Waals surface area contributed by atoms with Crippen LogP contribution >= 0.6 is 12.4 Å². The summed E-state index contributed by atoms with van der Waals surface area (Å²) in [5.74, 6) is 1.26. The first-order valence-electron chi connectivity index (χ1n) is 8.00. The number of para-hydroxylation sites is 1. The van der Waals surface area contributed by atoms with Crippen molar-refractivity contribution in [2.24, 2.45) is 11.7 Å². The number of carbonyl (C=O) groups excluding carboxylic acids is 1. The fourth-order valence-corrected chi connectivity index (χ4v) is 2.23. The summed E-state index contributed by atoms with van der Waals surface area (Å²) >= 11 is 0. The molecule has 2 aromatic rings. The largest absolute Gasteiger partial charge is 0.496 e. The van der Waals surface area contributed by atoms with Crippen molar-refractivity contribution in [3.05, 3.63) is 30.2 Å². The average Bonchev–Trinajstić information content (AvgIpc) is 3.10. The zero-order valence-corrected chi connectivity index (χ0v) is 15.7. The molecule has 8 heteroatoms. The van der Waals surface area contributed by atoms with Crippen molar-refractivity contribution in [3.63, 3.8) is 0 Å². The molecule has 0 radical (unpaired) electrons. The first-order valence-corrected chi connectivity index (χ1v) is 8.00. The van der Waals surface area contributed by atoms with Gasteiger partial charge in [0.05, 0.1) is 18.7 Å². The highest BCUT2D eigenvalue weighted by Gasteiger charge is 2.24.